The smallest absolute Gasteiger partial charge is 0.336 e. The molecule has 0 saturated carbocycles. The molecule has 3 aromatic rings. The van der Waals surface area contributed by atoms with Crippen molar-refractivity contribution >= 4 is 39.9 Å². The molecule has 3 rings (SSSR count). The predicted molar refractivity (Wildman–Crippen MR) is 92.6 cm³/mol. The fraction of sp³-hybridized carbons (Fsp3) is 0. The molecule has 0 bridgehead atoms. The highest BCUT2D eigenvalue weighted by molar-refractivity contribution is 7.80. The molecule has 2 N–H and O–H groups in total. The van der Waals surface area contributed by atoms with E-state index >= 15 is 0 Å². The summed E-state index contributed by atoms with van der Waals surface area (Å²) >= 11 is 5.14. The Bertz CT molecular complexity index is 935. The van der Waals surface area contributed by atoms with Crippen LogP contribution >= 0.6 is 12.2 Å². The molecule has 0 saturated heterocycles. The fourth-order valence-electron chi connectivity index (χ4n) is 2.08. The van der Waals surface area contributed by atoms with Crippen molar-refractivity contribution in [2.75, 3.05) is 5.32 Å². The highest BCUT2D eigenvalue weighted by Gasteiger charge is 2.07. The quantitative estimate of drug-likeness (QED) is 0.560. The largest absolute Gasteiger partial charge is 0.423 e. The van der Waals surface area contributed by atoms with Gasteiger partial charge in [-0.1, -0.05) is 18.2 Å². The molecule has 0 aliphatic carbocycles. The van der Waals surface area contributed by atoms with Crippen LogP contribution in [-0.4, -0.2) is 11.0 Å². The number of thiocarbonyl (C=S) groups is 1. The standard InChI is InChI=1S/C17H12N2O3S/c20-15-9-6-12-10-13(7-8-14(12)22-15)18-17(23)19-16(21)11-4-2-1-3-5-11/h1-10H,(H2,18,19,21,23). The molecule has 0 aliphatic rings. The molecule has 5 nitrogen and oxygen atoms in total. The molecule has 0 unspecified atom stereocenters. The normalized spacial score (nSPS) is 10.3. The maximum absolute atomic E-state index is 12.0. The third-order valence-corrected chi connectivity index (χ3v) is 3.34. The van der Waals surface area contributed by atoms with Crippen molar-refractivity contribution in [2.24, 2.45) is 0 Å². The van der Waals surface area contributed by atoms with Gasteiger partial charge < -0.3 is 9.73 Å². The molecule has 1 amide bonds. The Morgan fingerprint density at radius 3 is 2.57 bits per heavy atom. The number of fused-ring (bicyclic) bond motifs is 1. The third-order valence-electron chi connectivity index (χ3n) is 3.14. The minimum absolute atomic E-state index is 0.190. The number of rotatable bonds is 2. The van der Waals surface area contributed by atoms with E-state index in [-0.39, 0.29) is 11.0 Å². The number of carbonyl (C=O) groups is 1. The minimum Gasteiger partial charge on any atom is -0.423 e. The number of carbonyl (C=O) groups excluding carboxylic acids is 1. The summed E-state index contributed by atoms with van der Waals surface area (Å²) in [6.45, 7) is 0. The minimum atomic E-state index is -0.399. The summed E-state index contributed by atoms with van der Waals surface area (Å²) in [5, 5.41) is 6.49. The average molecular weight is 324 g/mol. The van der Waals surface area contributed by atoms with E-state index in [0.29, 0.717) is 16.8 Å². The molecular weight excluding hydrogens is 312 g/mol. The van der Waals surface area contributed by atoms with Crippen molar-refractivity contribution in [1.82, 2.24) is 5.32 Å². The maximum atomic E-state index is 12.0. The lowest BCUT2D eigenvalue weighted by atomic mass is 10.2. The zero-order valence-corrected chi connectivity index (χ0v) is 12.7. The van der Waals surface area contributed by atoms with Crippen LogP contribution in [-0.2, 0) is 0 Å². The maximum Gasteiger partial charge on any atom is 0.336 e. The fourth-order valence-corrected chi connectivity index (χ4v) is 2.29. The van der Waals surface area contributed by atoms with Gasteiger partial charge in [0.2, 0.25) is 0 Å². The van der Waals surface area contributed by atoms with Gasteiger partial charge in [-0.15, -0.1) is 0 Å². The van der Waals surface area contributed by atoms with Crippen molar-refractivity contribution in [3.63, 3.8) is 0 Å². The van der Waals surface area contributed by atoms with Gasteiger partial charge in [0.1, 0.15) is 5.58 Å². The lowest BCUT2D eigenvalue weighted by Gasteiger charge is -2.10. The molecular formula is C17H12N2O3S. The van der Waals surface area contributed by atoms with Gasteiger partial charge in [0.25, 0.3) is 5.91 Å². The Labute approximate surface area is 136 Å². The van der Waals surface area contributed by atoms with E-state index in [0.717, 1.165) is 5.39 Å². The summed E-state index contributed by atoms with van der Waals surface area (Å²) in [7, 11) is 0. The van der Waals surface area contributed by atoms with Gasteiger partial charge in [0.05, 0.1) is 0 Å². The van der Waals surface area contributed by atoms with E-state index in [4.69, 9.17) is 16.6 Å². The van der Waals surface area contributed by atoms with E-state index in [1.165, 1.54) is 6.07 Å². The van der Waals surface area contributed by atoms with Gasteiger partial charge in [0.15, 0.2) is 5.11 Å². The van der Waals surface area contributed by atoms with Crippen LogP contribution in [0.4, 0.5) is 5.69 Å². The first-order valence-corrected chi connectivity index (χ1v) is 7.24. The lowest BCUT2D eigenvalue weighted by molar-refractivity contribution is 0.0977. The van der Waals surface area contributed by atoms with Crippen LogP contribution in [0.5, 0.6) is 0 Å². The van der Waals surface area contributed by atoms with Gasteiger partial charge in [-0.2, -0.15) is 0 Å². The number of hydrogen-bond acceptors (Lipinski definition) is 4. The Hall–Kier alpha value is -2.99. The summed E-state index contributed by atoms with van der Waals surface area (Å²) < 4.78 is 5.06. The Morgan fingerprint density at radius 2 is 1.78 bits per heavy atom. The van der Waals surface area contributed by atoms with Gasteiger partial charge in [-0.05, 0) is 48.6 Å². The second kappa shape index (κ2) is 6.41. The molecule has 0 spiro atoms. The summed E-state index contributed by atoms with van der Waals surface area (Å²) in [6, 6.07) is 17.0. The first-order valence-electron chi connectivity index (χ1n) is 6.83. The topological polar surface area (TPSA) is 71.3 Å². The summed E-state index contributed by atoms with van der Waals surface area (Å²) in [6.07, 6.45) is 0. The summed E-state index contributed by atoms with van der Waals surface area (Å²) in [4.78, 5) is 23.2. The molecule has 2 aromatic carbocycles. The number of amides is 1. The number of anilines is 1. The van der Waals surface area contributed by atoms with Crippen LogP contribution in [0.2, 0.25) is 0 Å². The van der Waals surface area contributed by atoms with Gasteiger partial charge >= 0.3 is 5.63 Å². The van der Waals surface area contributed by atoms with E-state index in [1.54, 1.807) is 48.5 Å². The van der Waals surface area contributed by atoms with Crippen molar-refractivity contribution < 1.29 is 9.21 Å². The summed E-state index contributed by atoms with van der Waals surface area (Å²) in [5.74, 6) is -0.283. The van der Waals surface area contributed by atoms with Gasteiger partial charge in [-0.3, -0.25) is 10.1 Å². The highest BCUT2D eigenvalue weighted by Crippen LogP contribution is 2.17. The zero-order valence-electron chi connectivity index (χ0n) is 11.9. The molecule has 6 heteroatoms. The zero-order chi connectivity index (χ0) is 16.2. The molecule has 1 heterocycles. The Morgan fingerprint density at radius 1 is 1.00 bits per heavy atom. The molecule has 0 aliphatic heterocycles. The predicted octanol–water partition coefficient (Wildman–Crippen LogP) is 2.92. The average Bonchev–Trinajstić information content (AvgIpc) is 2.55. The van der Waals surface area contributed by atoms with Gasteiger partial charge in [-0.25, -0.2) is 4.79 Å². The number of hydrogen-bond donors (Lipinski definition) is 2. The monoisotopic (exact) mass is 324 g/mol. The molecule has 114 valence electrons. The Kier molecular flexibility index (Phi) is 4.16. The first kappa shape index (κ1) is 14.9. The second-order valence-electron chi connectivity index (χ2n) is 4.78. The molecule has 23 heavy (non-hydrogen) atoms. The van der Waals surface area contributed by atoms with Crippen LogP contribution < -0.4 is 16.3 Å². The highest BCUT2D eigenvalue weighted by atomic mass is 32.1. The SMILES string of the molecule is O=C(NC(=S)Nc1ccc2oc(=O)ccc2c1)c1ccccc1. The van der Waals surface area contributed by atoms with Crippen molar-refractivity contribution in [3.8, 4) is 0 Å². The van der Waals surface area contributed by atoms with E-state index < -0.39 is 5.63 Å². The van der Waals surface area contributed by atoms with E-state index in [1.807, 2.05) is 6.07 Å². The second-order valence-corrected chi connectivity index (χ2v) is 5.19. The van der Waals surface area contributed by atoms with E-state index in [9.17, 15) is 9.59 Å². The van der Waals surface area contributed by atoms with E-state index in [2.05, 4.69) is 10.6 Å². The van der Waals surface area contributed by atoms with Crippen LogP contribution in [0.25, 0.3) is 11.0 Å². The van der Waals surface area contributed by atoms with Crippen LogP contribution in [0.1, 0.15) is 10.4 Å². The van der Waals surface area contributed by atoms with Gasteiger partial charge in [0, 0.05) is 22.7 Å². The Balaban J connectivity index is 1.71. The van der Waals surface area contributed by atoms with Crippen LogP contribution in [0.3, 0.4) is 0 Å². The summed E-state index contributed by atoms with van der Waals surface area (Å²) in [5.41, 5.74) is 1.30. The molecule has 1 aromatic heterocycles. The first-order chi connectivity index (χ1) is 11.1. The van der Waals surface area contributed by atoms with Crippen LogP contribution in [0, 0.1) is 0 Å². The molecule has 0 atom stereocenters. The number of benzene rings is 2. The van der Waals surface area contributed by atoms with Crippen molar-refractivity contribution in [2.45, 2.75) is 0 Å². The molecule has 0 fully saturated rings. The third kappa shape index (κ3) is 3.61. The van der Waals surface area contributed by atoms with Crippen molar-refractivity contribution in [1.29, 1.82) is 0 Å². The number of nitrogens with one attached hydrogen (secondary N) is 2. The lowest BCUT2D eigenvalue weighted by Crippen LogP contribution is -2.34. The van der Waals surface area contributed by atoms with Crippen LogP contribution in [0.15, 0.2) is 69.9 Å². The van der Waals surface area contributed by atoms with Crippen molar-refractivity contribution in [3.05, 3.63) is 76.6 Å². The molecule has 0 radical (unpaired) electrons.